The average molecular weight is 256 g/mol. The summed E-state index contributed by atoms with van der Waals surface area (Å²) in [6.45, 7) is 2.52. The summed E-state index contributed by atoms with van der Waals surface area (Å²) < 4.78 is 0. The molecule has 98 valence electrons. The van der Waals surface area contributed by atoms with Crippen LogP contribution in [0.4, 0.5) is 11.5 Å². The average Bonchev–Trinajstić information content (AvgIpc) is 2.47. The van der Waals surface area contributed by atoms with Crippen molar-refractivity contribution in [3.63, 3.8) is 0 Å². The maximum Gasteiger partial charge on any atom is 0.225 e. The standard InChI is InChI=1S/C14H16N4O/c1-2-14(19)18-13-4-3-12(10-17-13)16-9-11-5-7-15-8-6-11/h3-8,10,16H,2,9H2,1H3,(H,17,18,19). The van der Waals surface area contributed by atoms with Crippen LogP contribution in [0.1, 0.15) is 18.9 Å². The second kappa shape index (κ2) is 6.49. The summed E-state index contributed by atoms with van der Waals surface area (Å²) >= 11 is 0. The lowest BCUT2D eigenvalue weighted by Gasteiger charge is -2.07. The van der Waals surface area contributed by atoms with Crippen LogP contribution in [0, 0.1) is 0 Å². The van der Waals surface area contributed by atoms with E-state index in [0.717, 1.165) is 11.3 Å². The predicted molar refractivity (Wildman–Crippen MR) is 74.7 cm³/mol. The fourth-order valence-electron chi connectivity index (χ4n) is 1.51. The highest BCUT2D eigenvalue weighted by Gasteiger charge is 2.00. The van der Waals surface area contributed by atoms with E-state index in [9.17, 15) is 4.79 Å². The van der Waals surface area contributed by atoms with E-state index in [1.807, 2.05) is 18.2 Å². The highest BCUT2D eigenvalue weighted by Crippen LogP contribution is 2.11. The van der Waals surface area contributed by atoms with Crippen molar-refractivity contribution in [3.05, 3.63) is 48.4 Å². The number of aromatic nitrogens is 2. The molecule has 0 bridgehead atoms. The molecule has 2 aromatic rings. The molecule has 0 aromatic carbocycles. The van der Waals surface area contributed by atoms with Gasteiger partial charge in [-0.2, -0.15) is 0 Å². The van der Waals surface area contributed by atoms with E-state index >= 15 is 0 Å². The number of amides is 1. The highest BCUT2D eigenvalue weighted by molar-refractivity contribution is 5.89. The molecule has 1 amide bonds. The number of anilines is 2. The first-order chi connectivity index (χ1) is 9.28. The topological polar surface area (TPSA) is 66.9 Å². The van der Waals surface area contributed by atoms with Crippen molar-refractivity contribution in [3.8, 4) is 0 Å². The molecule has 0 radical (unpaired) electrons. The van der Waals surface area contributed by atoms with E-state index in [1.165, 1.54) is 0 Å². The van der Waals surface area contributed by atoms with Gasteiger partial charge in [0.15, 0.2) is 0 Å². The molecule has 0 unspecified atom stereocenters. The summed E-state index contributed by atoms with van der Waals surface area (Å²) in [6.07, 6.45) is 5.67. The molecule has 2 aromatic heterocycles. The van der Waals surface area contributed by atoms with Gasteiger partial charge in [-0.25, -0.2) is 4.98 Å². The molecule has 2 heterocycles. The third-order valence-corrected chi connectivity index (χ3v) is 2.60. The Labute approximate surface area is 112 Å². The van der Waals surface area contributed by atoms with Crippen LogP contribution >= 0.6 is 0 Å². The first kappa shape index (κ1) is 13.0. The van der Waals surface area contributed by atoms with Crippen molar-refractivity contribution < 1.29 is 4.79 Å². The Bertz CT molecular complexity index is 525. The van der Waals surface area contributed by atoms with Crippen LogP contribution in [-0.4, -0.2) is 15.9 Å². The minimum Gasteiger partial charge on any atom is -0.380 e. The summed E-state index contributed by atoms with van der Waals surface area (Å²) in [5.74, 6) is 0.534. The van der Waals surface area contributed by atoms with E-state index < -0.39 is 0 Å². The van der Waals surface area contributed by atoms with Crippen LogP contribution in [0.3, 0.4) is 0 Å². The van der Waals surface area contributed by atoms with E-state index in [2.05, 4.69) is 20.6 Å². The zero-order valence-electron chi connectivity index (χ0n) is 10.8. The van der Waals surface area contributed by atoms with Gasteiger partial charge < -0.3 is 10.6 Å². The second-order valence-corrected chi connectivity index (χ2v) is 4.04. The molecule has 2 N–H and O–H groups in total. The number of hydrogen-bond acceptors (Lipinski definition) is 4. The Morgan fingerprint density at radius 2 is 2.00 bits per heavy atom. The fraction of sp³-hybridized carbons (Fsp3) is 0.214. The first-order valence-electron chi connectivity index (χ1n) is 6.16. The molecule has 0 spiro atoms. The molecule has 0 fully saturated rings. The van der Waals surface area contributed by atoms with E-state index in [0.29, 0.717) is 18.8 Å². The number of nitrogens with zero attached hydrogens (tertiary/aromatic N) is 2. The molecule has 0 aliphatic heterocycles. The Morgan fingerprint density at radius 3 is 2.63 bits per heavy atom. The molecule has 0 aliphatic rings. The van der Waals surface area contributed by atoms with Gasteiger partial charge in [-0.1, -0.05) is 6.92 Å². The number of rotatable bonds is 5. The molecule has 5 heteroatoms. The van der Waals surface area contributed by atoms with Crippen molar-refractivity contribution in [2.75, 3.05) is 10.6 Å². The molecule has 2 rings (SSSR count). The van der Waals surface area contributed by atoms with Crippen LogP contribution in [0.5, 0.6) is 0 Å². The molecular formula is C14H16N4O. The molecule has 5 nitrogen and oxygen atoms in total. The summed E-state index contributed by atoms with van der Waals surface area (Å²) in [5, 5.41) is 5.96. The second-order valence-electron chi connectivity index (χ2n) is 4.04. The number of nitrogens with one attached hydrogen (secondary N) is 2. The third kappa shape index (κ3) is 4.06. The minimum atomic E-state index is -0.0370. The van der Waals surface area contributed by atoms with Gasteiger partial charge in [-0.05, 0) is 29.8 Å². The van der Waals surface area contributed by atoms with Crippen LogP contribution in [0.25, 0.3) is 0 Å². The van der Waals surface area contributed by atoms with Crippen LogP contribution in [0.2, 0.25) is 0 Å². The number of pyridine rings is 2. The maximum absolute atomic E-state index is 11.2. The number of hydrogen-bond donors (Lipinski definition) is 2. The summed E-state index contributed by atoms with van der Waals surface area (Å²) in [7, 11) is 0. The zero-order chi connectivity index (χ0) is 13.5. The fourth-order valence-corrected chi connectivity index (χ4v) is 1.51. The van der Waals surface area contributed by atoms with Gasteiger partial charge in [-0.15, -0.1) is 0 Å². The van der Waals surface area contributed by atoms with E-state index in [-0.39, 0.29) is 5.91 Å². The van der Waals surface area contributed by atoms with Crippen molar-refractivity contribution in [1.82, 2.24) is 9.97 Å². The van der Waals surface area contributed by atoms with Crippen molar-refractivity contribution in [1.29, 1.82) is 0 Å². The van der Waals surface area contributed by atoms with Gasteiger partial charge in [0.05, 0.1) is 11.9 Å². The molecule has 0 saturated carbocycles. The number of carbonyl (C=O) groups excluding carboxylic acids is 1. The zero-order valence-corrected chi connectivity index (χ0v) is 10.8. The van der Waals surface area contributed by atoms with Crippen LogP contribution in [-0.2, 0) is 11.3 Å². The lowest BCUT2D eigenvalue weighted by Crippen LogP contribution is -2.10. The molecular weight excluding hydrogens is 240 g/mol. The molecule has 0 saturated heterocycles. The summed E-state index contributed by atoms with van der Waals surface area (Å²) in [5.41, 5.74) is 2.06. The SMILES string of the molecule is CCC(=O)Nc1ccc(NCc2ccncc2)cn1. The smallest absolute Gasteiger partial charge is 0.225 e. The molecule has 19 heavy (non-hydrogen) atoms. The van der Waals surface area contributed by atoms with Crippen molar-refractivity contribution in [2.24, 2.45) is 0 Å². The Hall–Kier alpha value is -2.43. The Balaban J connectivity index is 1.90. The van der Waals surface area contributed by atoms with Gasteiger partial charge in [0.2, 0.25) is 5.91 Å². The normalized spacial score (nSPS) is 9.95. The van der Waals surface area contributed by atoms with Crippen LogP contribution < -0.4 is 10.6 Å². The maximum atomic E-state index is 11.2. The van der Waals surface area contributed by atoms with Gasteiger partial charge in [-0.3, -0.25) is 9.78 Å². The van der Waals surface area contributed by atoms with Crippen LogP contribution in [0.15, 0.2) is 42.9 Å². The largest absolute Gasteiger partial charge is 0.380 e. The number of carbonyl (C=O) groups is 1. The molecule has 0 atom stereocenters. The van der Waals surface area contributed by atoms with Crippen molar-refractivity contribution in [2.45, 2.75) is 19.9 Å². The minimum absolute atomic E-state index is 0.0370. The Kier molecular flexibility index (Phi) is 4.44. The monoisotopic (exact) mass is 256 g/mol. The van der Waals surface area contributed by atoms with Gasteiger partial charge in [0.1, 0.15) is 5.82 Å². The lowest BCUT2D eigenvalue weighted by atomic mass is 10.2. The molecule has 0 aliphatic carbocycles. The van der Waals surface area contributed by atoms with Gasteiger partial charge in [0.25, 0.3) is 0 Å². The van der Waals surface area contributed by atoms with E-state index in [1.54, 1.807) is 31.6 Å². The van der Waals surface area contributed by atoms with Gasteiger partial charge >= 0.3 is 0 Å². The predicted octanol–water partition coefficient (Wildman–Crippen LogP) is 2.44. The summed E-state index contributed by atoms with van der Waals surface area (Å²) in [4.78, 5) is 19.3. The van der Waals surface area contributed by atoms with Crippen molar-refractivity contribution >= 4 is 17.4 Å². The van der Waals surface area contributed by atoms with Gasteiger partial charge in [0, 0.05) is 25.4 Å². The third-order valence-electron chi connectivity index (χ3n) is 2.60. The lowest BCUT2D eigenvalue weighted by molar-refractivity contribution is -0.115. The first-order valence-corrected chi connectivity index (χ1v) is 6.16. The highest BCUT2D eigenvalue weighted by atomic mass is 16.1. The Morgan fingerprint density at radius 1 is 1.21 bits per heavy atom. The quantitative estimate of drug-likeness (QED) is 0.862. The van der Waals surface area contributed by atoms with E-state index in [4.69, 9.17) is 0 Å². The summed E-state index contributed by atoms with van der Waals surface area (Å²) in [6, 6.07) is 7.58.